The molecule has 2 aromatic heterocycles. The fourth-order valence-electron chi connectivity index (χ4n) is 2.79. The zero-order valence-corrected chi connectivity index (χ0v) is 13.5. The maximum Gasteiger partial charge on any atom is 0.255 e. The smallest absolute Gasteiger partial charge is 0.255 e. The van der Waals surface area contributed by atoms with Crippen LogP contribution in [0, 0.1) is 5.82 Å². The number of rotatable bonds is 5. The Bertz CT molecular complexity index is 873. The first-order valence-corrected chi connectivity index (χ1v) is 8.21. The minimum atomic E-state index is -0.283. The zero-order chi connectivity index (χ0) is 17.2. The van der Waals surface area contributed by atoms with E-state index in [4.69, 9.17) is 0 Å². The second-order valence-electron chi connectivity index (χ2n) is 6.13. The lowest BCUT2D eigenvalue weighted by Crippen LogP contribution is -2.33. The summed E-state index contributed by atoms with van der Waals surface area (Å²) in [4.78, 5) is 22.9. The molecular weight excluding hydrogens is 319 g/mol. The molecule has 0 saturated heterocycles. The Morgan fingerprint density at radius 1 is 1.24 bits per heavy atom. The maximum absolute atomic E-state index is 14.0. The Balaban J connectivity index is 1.56. The number of carbonyl (C=O) groups is 1. The summed E-state index contributed by atoms with van der Waals surface area (Å²) in [6.45, 7) is 0.277. The first kappa shape index (κ1) is 15.5. The van der Waals surface area contributed by atoms with Gasteiger partial charge in [0.05, 0.1) is 5.56 Å². The van der Waals surface area contributed by atoms with Crippen molar-refractivity contribution in [3.63, 3.8) is 0 Å². The van der Waals surface area contributed by atoms with Crippen molar-refractivity contribution in [3.8, 4) is 5.82 Å². The molecule has 25 heavy (non-hydrogen) atoms. The number of aromatic nitrogens is 3. The number of carbonyl (C=O) groups excluding carboxylic acids is 1. The van der Waals surface area contributed by atoms with Gasteiger partial charge in [-0.3, -0.25) is 9.36 Å². The van der Waals surface area contributed by atoms with E-state index < -0.39 is 0 Å². The lowest BCUT2D eigenvalue weighted by molar-refractivity contribution is 0.0728. The van der Waals surface area contributed by atoms with Gasteiger partial charge in [0.15, 0.2) is 0 Å². The van der Waals surface area contributed by atoms with Gasteiger partial charge in [-0.2, -0.15) is 0 Å². The van der Waals surface area contributed by atoms with Crippen molar-refractivity contribution in [2.45, 2.75) is 25.4 Å². The quantitative estimate of drug-likeness (QED) is 0.719. The number of hydrogen-bond donors (Lipinski definition) is 0. The molecule has 2 heterocycles. The highest BCUT2D eigenvalue weighted by atomic mass is 19.1. The Morgan fingerprint density at radius 3 is 2.72 bits per heavy atom. The van der Waals surface area contributed by atoms with Crippen LogP contribution < -0.4 is 0 Å². The molecule has 1 aromatic carbocycles. The van der Waals surface area contributed by atoms with Gasteiger partial charge in [0, 0.05) is 36.7 Å². The fraction of sp³-hybridized carbons (Fsp3) is 0.211. The monoisotopic (exact) mass is 336 g/mol. The summed E-state index contributed by atoms with van der Waals surface area (Å²) in [7, 11) is 0. The van der Waals surface area contributed by atoms with Crippen LogP contribution in [0.3, 0.4) is 0 Å². The Morgan fingerprint density at radius 2 is 2.08 bits per heavy atom. The van der Waals surface area contributed by atoms with Crippen LogP contribution in [0.5, 0.6) is 0 Å². The third-order valence-corrected chi connectivity index (χ3v) is 4.31. The van der Waals surface area contributed by atoms with Gasteiger partial charge in [0.1, 0.15) is 18.0 Å². The van der Waals surface area contributed by atoms with E-state index in [1.165, 1.54) is 6.07 Å². The Kier molecular flexibility index (Phi) is 4.01. The molecule has 1 aliphatic rings. The molecule has 5 nitrogen and oxygen atoms in total. The van der Waals surface area contributed by atoms with E-state index in [1.807, 2.05) is 0 Å². The molecular formula is C19H17FN4O. The van der Waals surface area contributed by atoms with Gasteiger partial charge in [-0.15, -0.1) is 0 Å². The van der Waals surface area contributed by atoms with E-state index in [-0.39, 0.29) is 24.3 Å². The number of amides is 1. The van der Waals surface area contributed by atoms with Gasteiger partial charge in [-0.25, -0.2) is 14.4 Å². The van der Waals surface area contributed by atoms with E-state index in [9.17, 15) is 9.18 Å². The number of benzene rings is 1. The summed E-state index contributed by atoms with van der Waals surface area (Å²) < 4.78 is 15.7. The largest absolute Gasteiger partial charge is 0.331 e. The number of nitrogens with zero attached hydrogens (tertiary/aromatic N) is 4. The summed E-state index contributed by atoms with van der Waals surface area (Å²) in [5.74, 6) is 0.297. The summed E-state index contributed by atoms with van der Waals surface area (Å²) >= 11 is 0. The van der Waals surface area contributed by atoms with Gasteiger partial charge < -0.3 is 4.90 Å². The van der Waals surface area contributed by atoms with E-state index in [2.05, 4.69) is 9.97 Å². The third-order valence-electron chi connectivity index (χ3n) is 4.31. The molecule has 1 amide bonds. The van der Waals surface area contributed by atoms with Crippen LogP contribution in [0.2, 0.25) is 0 Å². The fourth-order valence-corrected chi connectivity index (χ4v) is 2.79. The zero-order valence-electron chi connectivity index (χ0n) is 13.5. The molecule has 4 rings (SSSR count). The lowest BCUT2D eigenvalue weighted by atomic mass is 10.1. The van der Waals surface area contributed by atoms with E-state index in [1.54, 1.807) is 64.7 Å². The standard InChI is InChI=1S/C19H17FN4O/c20-17-4-2-1-3-15(17)12-24(16-6-7-16)19(25)14-5-8-18(22-11-14)23-10-9-21-13-23/h1-5,8-11,13,16H,6-7,12H2. The lowest BCUT2D eigenvalue weighted by Gasteiger charge is -2.23. The van der Waals surface area contributed by atoms with Crippen LogP contribution in [-0.2, 0) is 6.54 Å². The van der Waals surface area contributed by atoms with Crippen molar-refractivity contribution in [3.05, 3.63) is 78.3 Å². The molecule has 126 valence electrons. The van der Waals surface area contributed by atoms with Crippen molar-refractivity contribution >= 4 is 5.91 Å². The summed E-state index contributed by atoms with van der Waals surface area (Å²) in [5.41, 5.74) is 1.04. The third kappa shape index (κ3) is 3.28. The SMILES string of the molecule is O=C(c1ccc(-n2ccnc2)nc1)N(Cc1ccccc1F)C1CC1. The van der Waals surface area contributed by atoms with Gasteiger partial charge in [-0.1, -0.05) is 18.2 Å². The highest BCUT2D eigenvalue weighted by molar-refractivity contribution is 5.94. The van der Waals surface area contributed by atoms with Crippen LogP contribution in [0.25, 0.3) is 5.82 Å². The average molecular weight is 336 g/mol. The molecule has 6 heteroatoms. The van der Waals surface area contributed by atoms with Crippen molar-refractivity contribution < 1.29 is 9.18 Å². The van der Waals surface area contributed by atoms with Crippen molar-refractivity contribution in [2.75, 3.05) is 0 Å². The molecule has 0 N–H and O–H groups in total. The molecule has 0 spiro atoms. The van der Waals surface area contributed by atoms with Gasteiger partial charge >= 0.3 is 0 Å². The molecule has 0 bridgehead atoms. The molecule has 0 aliphatic heterocycles. The van der Waals surface area contributed by atoms with E-state index in [0.29, 0.717) is 16.9 Å². The van der Waals surface area contributed by atoms with E-state index >= 15 is 0 Å². The second-order valence-corrected chi connectivity index (χ2v) is 6.13. The van der Waals surface area contributed by atoms with Crippen molar-refractivity contribution in [2.24, 2.45) is 0 Å². The summed E-state index contributed by atoms with van der Waals surface area (Å²) in [6, 6.07) is 10.3. The van der Waals surface area contributed by atoms with Gasteiger partial charge in [-0.05, 0) is 31.0 Å². The Hall–Kier alpha value is -3.02. The molecule has 3 aromatic rings. The molecule has 0 radical (unpaired) electrons. The van der Waals surface area contributed by atoms with Crippen molar-refractivity contribution in [1.82, 2.24) is 19.4 Å². The highest BCUT2D eigenvalue weighted by Crippen LogP contribution is 2.30. The normalized spacial score (nSPS) is 13.6. The van der Waals surface area contributed by atoms with Gasteiger partial charge in [0.25, 0.3) is 5.91 Å². The van der Waals surface area contributed by atoms with Crippen LogP contribution in [0.1, 0.15) is 28.8 Å². The number of halogens is 1. The summed E-state index contributed by atoms with van der Waals surface area (Å²) in [6.07, 6.45) is 8.59. The van der Waals surface area contributed by atoms with Crippen LogP contribution in [-0.4, -0.2) is 31.4 Å². The highest BCUT2D eigenvalue weighted by Gasteiger charge is 2.33. The summed E-state index contributed by atoms with van der Waals surface area (Å²) in [5, 5.41) is 0. The topological polar surface area (TPSA) is 51.0 Å². The molecule has 1 saturated carbocycles. The van der Waals surface area contributed by atoms with Crippen LogP contribution in [0.4, 0.5) is 4.39 Å². The number of hydrogen-bond acceptors (Lipinski definition) is 3. The predicted molar refractivity (Wildman–Crippen MR) is 90.7 cm³/mol. The maximum atomic E-state index is 14.0. The second kappa shape index (κ2) is 6.47. The predicted octanol–water partition coefficient (Wildman–Crippen LogP) is 3.21. The molecule has 0 unspecified atom stereocenters. The molecule has 1 fully saturated rings. The molecule has 1 aliphatic carbocycles. The van der Waals surface area contributed by atoms with Crippen LogP contribution >= 0.6 is 0 Å². The number of pyridine rings is 1. The first-order chi connectivity index (χ1) is 12.2. The minimum absolute atomic E-state index is 0.115. The molecule has 0 atom stereocenters. The van der Waals surface area contributed by atoms with E-state index in [0.717, 1.165) is 12.8 Å². The average Bonchev–Trinajstić information content (AvgIpc) is 3.33. The van der Waals surface area contributed by atoms with Crippen LogP contribution in [0.15, 0.2) is 61.3 Å². The first-order valence-electron chi connectivity index (χ1n) is 8.21. The van der Waals surface area contributed by atoms with Gasteiger partial charge in [0.2, 0.25) is 0 Å². The van der Waals surface area contributed by atoms with Crippen molar-refractivity contribution in [1.29, 1.82) is 0 Å². The Labute approximate surface area is 144 Å². The number of imidazole rings is 1. The minimum Gasteiger partial charge on any atom is -0.331 e.